The maximum atomic E-state index is 12.7. The fraction of sp³-hybridized carbons (Fsp3) is 0.588. The number of rotatable bonds is 7. The van der Waals surface area contributed by atoms with Gasteiger partial charge in [0.05, 0.1) is 0 Å². The van der Waals surface area contributed by atoms with Gasteiger partial charge in [-0.3, -0.25) is 0 Å². The molecule has 0 spiro atoms. The lowest BCUT2D eigenvalue weighted by Crippen LogP contribution is -2.46. The second-order valence-electron chi connectivity index (χ2n) is 5.48. The van der Waals surface area contributed by atoms with Gasteiger partial charge in [0.1, 0.15) is 0 Å². The molecule has 112 valence electrons. The van der Waals surface area contributed by atoms with Crippen LogP contribution in [0.15, 0.2) is 30.3 Å². The Kier molecular flexibility index (Phi) is 7.13. The van der Waals surface area contributed by atoms with Crippen molar-refractivity contribution in [3.8, 4) is 0 Å². The first-order valence-corrected chi connectivity index (χ1v) is 7.69. The van der Waals surface area contributed by atoms with Crippen LogP contribution < -0.4 is 0 Å². The van der Waals surface area contributed by atoms with E-state index < -0.39 is 0 Å². The first-order valence-electron chi connectivity index (χ1n) is 7.69. The van der Waals surface area contributed by atoms with Crippen LogP contribution in [0, 0.1) is 0 Å². The lowest BCUT2D eigenvalue weighted by atomic mass is 10.2. The average Bonchev–Trinajstić information content (AvgIpc) is 2.44. The van der Waals surface area contributed by atoms with Crippen molar-refractivity contribution in [2.24, 2.45) is 0 Å². The molecule has 0 radical (unpaired) electrons. The molecule has 0 aliphatic heterocycles. The highest BCUT2D eigenvalue weighted by Gasteiger charge is 2.22. The Morgan fingerprint density at radius 2 is 1.60 bits per heavy atom. The normalized spacial score (nSPS) is 10.7. The Balaban J connectivity index is 2.80. The van der Waals surface area contributed by atoms with E-state index in [0.717, 1.165) is 25.9 Å². The molecule has 0 atom stereocenters. The minimum Gasteiger partial charge on any atom is -0.325 e. The van der Waals surface area contributed by atoms with Crippen molar-refractivity contribution in [2.75, 3.05) is 13.1 Å². The molecule has 3 heteroatoms. The molecule has 1 aromatic carbocycles. The van der Waals surface area contributed by atoms with E-state index in [2.05, 4.69) is 39.8 Å². The first kappa shape index (κ1) is 16.5. The van der Waals surface area contributed by atoms with E-state index in [1.165, 1.54) is 5.56 Å². The quantitative estimate of drug-likeness (QED) is 0.734. The SMILES string of the molecule is CCCN(CCC)C(=O)N(Cc1ccccc1)C(C)C. The van der Waals surface area contributed by atoms with E-state index in [4.69, 9.17) is 0 Å². The minimum atomic E-state index is 0.160. The van der Waals surface area contributed by atoms with Gasteiger partial charge in [0, 0.05) is 25.7 Å². The number of benzene rings is 1. The predicted octanol–water partition coefficient (Wildman–Crippen LogP) is 4.14. The van der Waals surface area contributed by atoms with Crippen molar-refractivity contribution in [1.29, 1.82) is 0 Å². The smallest absolute Gasteiger partial charge is 0.320 e. The zero-order valence-corrected chi connectivity index (χ0v) is 13.3. The number of nitrogens with zero attached hydrogens (tertiary/aromatic N) is 2. The van der Waals surface area contributed by atoms with E-state index >= 15 is 0 Å². The van der Waals surface area contributed by atoms with Gasteiger partial charge in [-0.05, 0) is 32.3 Å². The van der Waals surface area contributed by atoms with E-state index in [-0.39, 0.29) is 12.1 Å². The zero-order chi connectivity index (χ0) is 15.0. The highest BCUT2D eigenvalue weighted by atomic mass is 16.2. The van der Waals surface area contributed by atoms with Crippen molar-refractivity contribution in [1.82, 2.24) is 9.80 Å². The monoisotopic (exact) mass is 276 g/mol. The van der Waals surface area contributed by atoms with Crippen LogP contribution in [0.2, 0.25) is 0 Å². The van der Waals surface area contributed by atoms with Crippen molar-refractivity contribution < 1.29 is 4.79 Å². The molecule has 0 aromatic heterocycles. The molecule has 0 unspecified atom stereocenters. The first-order chi connectivity index (χ1) is 9.60. The standard InChI is InChI=1S/C17H28N2O/c1-5-12-18(13-6-2)17(20)19(15(3)4)14-16-10-8-7-9-11-16/h7-11,15H,5-6,12-14H2,1-4H3. The van der Waals surface area contributed by atoms with Gasteiger partial charge in [0.15, 0.2) is 0 Å². The van der Waals surface area contributed by atoms with Crippen LogP contribution in [0.25, 0.3) is 0 Å². The molecule has 0 aliphatic rings. The molecule has 3 nitrogen and oxygen atoms in total. The van der Waals surface area contributed by atoms with Gasteiger partial charge in [0.25, 0.3) is 0 Å². The Bertz CT molecular complexity index is 383. The minimum absolute atomic E-state index is 0.160. The average molecular weight is 276 g/mol. The fourth-order valence-electron chi connectivity index (χ4n) is 2.28. The van der Waals surface area contributed by atoms with Crippen LogP contribution in [0.5, 0.6) is 0 Å². The summed E-state index contributed by atoms with van der Waals surface area (Å²) in [5.41, 5.74) is 1.18. The molecule has 1 aromatic rings. The highest BCUT2D eigenvalue weighted by Crippen LogP contribution is 2.12. The van der Waals surface area contributed by atoms with Crippen LogP contribution in [0.1, 0.15) is 46.1 Å². The molecule has 0 saturated carbocycles. The summed E-state index contributed by atoms with van der Waals surface area (Å²) < 4.78 is 0. The molecule has 0 aliphatic carbocycles. The summed E-state index contributed by atoms with van der Waals surface area (Å²) in [6, 6.07) is 10.6. The second kappa shape index (κ2) is 8.62. The summed E-state index contributed by atoms with van der Waals surface area (Å²) in [6.45, 7) is 10.8. The van der Waals surface area contributed by atoms with E-state index in [1.54, 1.807) is 0 Å². The van der Waals surface area contributed by atoms with E-state index in [0.29, 0.717) is 6.54 Å². The molecule has 0 saturated heterocycles. The Morgan fingerprint density at radius 3 is 2.05 bits per heavy atom. The van der Waals surface area contributed by atoms with Gasteiger partial charge in [-0.2, -0.15) is 0 Å². The van der Waals surface area contributed by atoms with E-state index in [9.17, 15) is 4.79 Å². The van der Waals surface area contributed by atoms with Crippen molar-refractivity contribution in [2.45, 2.75) is 53.1 Å². The van der Waals surface area contributed by atoms with Crippen LogP contribution in [0.3, 0.4) is 0 Å². The van der Waals surface area contributed by atoms with Gasteiger partial charge in [-0.15, -0.1) is 0 Å². The molecule has 20 heavy (non-hydrogen) atoms. The maximum absolute atomic E-state index is 12.7. The largest absolute Gasteiger partial charge is 0.325 e. The third-order valence-corrected chi connectivity index (χ3v) is 3.32. The summed E-state index contributed by atoms with van der Waals surface area (Å²) >= 11 is 0. The third kappa shape index (κ3) is 4.87. The summed E-state index contributed by atoms with van der Waals surface area (Å²) in [6.07, 6.45) is 2.01. The number of carbonyl (C=O) groups is 1. The highest BCUT2D eigenvalue weighted by molar-refractivity contribution is 5.74. The molecule has 0 heterocycles. The third-order valence-electron chi connectivity index (χ3n) is 3.32. The van der Waals surface area contributed by atoms with Gasteiger partial charge in [0.2, 0.25) is 0 Å². The Morgan fingerprint density at radius 1 is 1.05 bits per heavy atom. The molecule has 0 fully saturated rings. The Hall–Kier alpha value is -1.51. The lowest BCUT2D eigenvalue weighted by Gasteiger charge is -2.33. The number of hydrogen-bond acceptors (Lipinski definition) is 1. The summed E-state index contributed by atoms with van der Waals surface area (Å²) in [4.78, 5) is 16.7. The van der Waals surface area contributed by atoms with E-state index in [1.807, 2.05) is 28.0 Å². The second-order valence-corrected chi connectivity index (χ2v) is 5.48. The van der Waals surface area contributed by atoms with Gasteiger partial charge < -0.3 is 9.80 Å². The summed E-state index contributed by atoms with van der Waals surface area (Å²) in [5.74, 6) is 0. The summed E-state index contributed by atoms with van der Waals surface area (Å²) in [7, 11) is 0. The van der Waals surface area contributed by atoms with Gasteiger partial charge in [-0.1, -0.05) is 44.2 Å². The van der Waals surface area contributed by atoms with Crippen molar-refractivity contribution in [3.63, 3.8) is 0 Å². The fourth-order valence-corrected chi connectivity index (χ4v) is 2.28. The lowest BCUT2D eigenvalue weighted by molar-refractivity contribution is 0.136. The topological polar surface area (TPSA) is 23.6 Å². The maximum Gasteiger partial charge on any atom is 0.320 e. The number of hydrogen-bond donors (Lipinski definition) is 0. The molecule has 2 amide bonds. The van der Waals surface area contributed by atoms with Crippen LogP contribution in [-0.4, -0.2) is 35.0 Å². The number of amides is 2. The van der Waals surface area contributed by atoms with Gasteiger partial charge in [-0.25, -0.2) is 4.79 Å². The predicted molar refractivity (Wildman–Crippen MR) is 84.7 cm³/mol. The molecule has 0 N–H and O–H groups in total. The van der Waals surface area contributed by atoms with Crippen LogP contribution in [0.4, 0.5) is 4.79 Å². The molecule has 0 bridgehead atoms. The van der Waals surface area contributed by atoms with Crippen molar-refractivity contribution in [3.05, 3.63) is 35.9 Å². The number of carbonyl (C=O) groups excluding carboxylic acids is 1. The van der Waals surface area contributed by atoms with Crippen LogP contribution >= 0.6 is 0 Å². The molecule has 1 rings (SSSR count). The molecular weight excluding hydrogens is 248 g/mol. The van der Waals surface area contributed by atoms with Crippen molar-refractivity contribution >= 4 is 6.03 Å². The zero-order valence-electron chi connectivity index (χ0n) is 13.3. The molecular formula is C17H28N2O. The van der Waals surface area contributed by atoms with Crippen LogP contribution in [-0.2, 0) is 6.54 Å². The summed E-state index contributed by atoms with van der Waals surface area (Å²) in [5, 5.41) is 0. The number of urea groups is 1. The Labute approximate surface area is 123 Å². The van der Waals surface area contributed by atoms with Gasteiger partial charge >= 0.3 is 6.03 Å².